The van der Waals surface area contributed by atoms with Crippen LogP contribution >= 0.6 is 11.3 Å². The van der Waals surface area contributed by atoms with Crippen LogP contribution in [0.25, 0.3) is 5.76 Å². The van der Waals surface area contributed by atoms with Gasteiger partial charge in [-0.15, -0.1) is 10.2 Å². The first-order valence-corrected chi connectivity index (χ1v) is 9.81. The molecule has 2 aromatic carbocycles. The predicted octanol–water partition coefficient (Wildman–Crippen LogP) is 3.19. The molecule has 30 heavy (non-hydrogen) atoms. The van der Waals surface area contributed by atoms with Gasteiger partial charge in [0.05, 0.1) is 18.7 Å². The lowest BCUT2D eigenvalue weighted by atomic mass is 9.95. The molecule has 1 aliphatic heterocycles. The van der Waals surface area contributed by atoms with E-state index in [0.29, 0.717) is 11.1 Å². The third-order valence-electron chi connectivity index (χ3n) is 4.84. The monoisotopic (exact) mass is 423 g/mol. The maximum atomic E-state index is 13.0. The minimum atomic E-state index is -0.964. The third kappa shape index (κ3) is 3.18. The number of aliphatic hydroxyl groups is 1. The van der Waals surface area contributed by atoms with E-state index in [-0.39, 0.29) is 28.0 Å². The number of carbonyl (C=O) groups is 2. The number of ketones is 1. The van der Waals surface area contributed by atoms with Crippen LogP contribution in [0.5, 0.6) is 11.5 Å². The molecule has 0 bridgehead atoms. The summed E-state index contributed by atoms with van der Waals surface area (Å²) in [6.45, 7) is 1.90. The molecule has 1 atom stereocenters. The molecule has 0 radical (unpaired) electrons. The summed E-state index contributed by atoms with van der Waals surface area (Å²) < 4.78 is 5.18. The minimum absolute atomic E-state index is 0.0770. The molecule has 0 saturated carbocycles. The molecule has 9 heteroatoms. The van der Waals surface area contributed by atoms with Crippen molar-refractivity contribution in [1.82, 2.24) is 10.2 Å². The lowest BCUT2D eigenvalue weighted by molar-refractivity contribution is -0.132. The Morgan fingerprint density at radius 3 is 2.53 bits per heavy atom. The average Bonchev–Trinajstić information content (AvgIpc) is 3.35. The lowest BCUT2D eigenvalue weighted by Gasteiger charge is -2.23. The van der Waals surface area contributed by atoms with Gasteiger partial charge in [-0.05, 0) is 24.6 Å². The fourth-order valence-corrected chi connectivity index (χ4v) is 3.93. The van der Waals surface area contributed by atoms with E-state index in [1.807, 2.05) is 6.92 Å². The van der Waals surface area contributed by atoms with E-state index in [2.05, 4.69) is 10.2 Å². The number of nitrogens with zero attached hydrogens (tertiary/aromatic N) is 3. The van der Waals surface area contributed by atoms with Gasteiger partial charge >= 0.3 is 5.91 Å². The van der Waals surface area contributed by atoms with Crippen molar-refractivity contribution in [1.29, 1.82) is 0 Å². The Morgan fingerprint density at radius 2 is 1.90 bits per heavy atom. The number of hydrogen-bond donors (Lipinski definition) is 2. The smallest absolute Gasteiger partial charge is 0.301 e. The summed E-state index contributed by atoms with van der Waals surface area (Å²) in [4.78, 5) is 27.1. The van der Waals surface area contributed by atoms with E-state index in [0.717, 1.165) is 16.9 Å². The first kappa shape index (κ1) is 19.6. The molecule has 4 rings (SSSR count). The summed E-state index contributed by atoms with van der Waals surface area (Å²) in [5.41, 5.74) is 3.23. The molecule has 1 amide bonds. The van der Waals surface area contributed by atoms with E-state index >= 15 is 0 Å². The molecule has 2 N–H and O–H groups in total. The van der Waals surface area contributed by atoms with Gasteiger partial charge in [0.1, 0.15) is 11.3 Å². The number of phenols is 1. The van der Waals surface area contributed by atoms with Crippen LogP contribution in [0.3, 0.4) is 0 Å². The van der Waals surface area contributed by atoms with Gasteiger partial charge in [-0.2, -0.15) is 0 Å². The molecular weight excluding hydrogens is 406 g/mol. The van der Waals surface area contributed by atoms with E-state index < -0.39 is 17.7 Å². The van der Waals surface area contributed by atoms with Crippen molar-refractivity contribution < 1.29 is 24.5 Å². The van der Waals surface area contributed by atoms with E-state index in [1.54, 1.807) is 30.3 Å². The van der Waals surface area contributed by atoms with Gasteiger partial charge in [-0.3, -0.25) is 14.5 Å². The van der Waals surface area contributed by atoms with Gasteiger partial charge in [-0.25, -0.2) is 0 Å². The molecule has 0 aliphatic carbocycles. The standard InChI is InChI=1S/C21H17N3O5S/c1-11-3-5-12(6-4-11)18(26)16-17(13-7-8-14(25)15(9-13)29-2)24(20(28)19(16)27)21-23-22-10-30-21/h3-10,17,25-26H,1-2H3/b18-16-. The Bertz CT molecular complexity index is 1160. The zero-order valence-electron chi connectivity index (χ0n) is 16.1. The van der Waals surface area contributed by atoms with Gasteiger partial charge in [0, 0.05) is 5.56 Å². The molecular formula is C21H17N3O5S. The van der Waals surface area contributed by atoms with E-state index in [9.17, 15) is 19.8 Å². The molecule has 8 nitrogen and oxygen atoms in total. The summed E-state index contributed by atoms with van der Waals surface area (Å²) in [5.74, 6) is -1.87. The van der Waals surface area contributed by atoms with Gasteiger partial charge < -0.3 is 14.9 Å². The van der Waals surface area contributed by atoms with Gasteiger partial charge in [-0.1, -0.05) is 47.2 Å². The second-order valence-electron chi connectivity index (χ2n) is 6.69. The van der Waals surface area contributed by atoms with Crippen LogP contribution in [0.4, 0.5) is 5.13 Å². The second kappa shape index (κ2) is 7.60. The van der Waals surface area contributed by atoms with Gasteiger partial charge in [0.2, 0.25) is 5.13 Å². The maximum absolute atomic E-state index is 13.0. The summed E-state index contributed by atoms with van der Waals surface area (Å²) in [5, 5.41) is 28.9. The number of ether oxygens (including phenoxy) is 1. The number of aliphatic hydroxyl groups excluding tert-OH is 1. The number of carbonyl (C=O) groups excluding carboxylic acids is 2. The number of rotatable bonds is 4. The average molecular weight is 423 g/mol. The maximum Gasteiger partial charge on any atom is 0.301 e. The largest absolute Gasteiger partial charge is 0.507 e. The predicted molar refractivity (Wildman–Crippen MR) is 111 cm³/mol. The fraction of sp³-hybridized carbons (Fsp3) is 0.143. The number of amides is 1. The summed E-state index contributed by atoms with van der Waals surface area (Å²) in [7, 11) is 1.40. The molecule has 3 aromatic rings. The summed E-state index contributed by atoms with van der Waals surface area (Å²) >= 11 is 1.09. The number of aryl methyl sites for hydroxylation is 1. The van der Waals surface area contributed by atoms with E-state index in [4.69, 9.17) is 4.74 Å². The number of Topliss-reactive ketones (excluding diaryl/α,β-unsaturated/α-hetero) is 1. The highest BCUT2D eigenvalue weighted by Crippen LogP contribution is 2.44. The van der Waals surface area contributed by atoms with Gasteiger partial charge in [0.25, 0.3) is 5.78 Å². The van der Waals surface area contributed by atoms with E-state index in [1.165, 1.54) is 29.7 Å². The Hall–Kier alpha value is -3.72. The number of benzene rings is 2. The highest BCUT2D eigenvalue weighted by Gasteiger charge is 2.48. The normalized spacial score (nSPS) is 18.1. The lowest BCUT2D eigenvalue weighted by Crippen LogP contribution is -2.29. The van der Waals surface area contributed by atoms with Crippen molar-refractivity contribution >= 4 is 33.9 Å². The fourth-order valence-electron chi connectivity index (χ4n) is 3.35. The molecule has 1 aromatic heterocycles. The van der Waals surface area contributed by atoms with Crippen molar-refractivity contribution in [2.75, 3.05) is 12.0 Å². The third-order valence-corrected chi connectivity index (χ3v) is 5.53. The highest BCUT2D eigenvalue weighted by molar-refractivity contribution is 7.13. The van der Waals surface area contributed by atoms with Crippen LogP contribution < -0.4 is 9.64 Å². The molecule has 1 unspecified atom stereocenters. The molecule has 1 aliphatic rings. The van der Waals surface area contributed by atoms with Crippen molar-refractivity contribution in [2.45, 2.75) is 13.0 Å². The van der Waals surface area contributed by atoms with Crippen molar-refractivity contribution in [3.8, 4) is 11.5 Å². The van der Waals surface area contributed by atoms with Crippen LogP contribution in [-0.2, 0) is 9.59 Å². The zero-order chi connectivity index (χ0) is 21.4. The number of anilines is 1. The van der Waals surface area contributed by atoms with Crippen LogP contribution in [-0.4, -0.2) is 39.2 Å². The molecule has 2 heterocycles. The number of hydrogen-bond acceptors (Lipinski definition) is 8. The second-order valence-corrected chi connectivity index (χ2v) is 7.50. The van der Waals surface area contributed by atoms with Crippen molar-refractivity contribution in [3.63, 3.8) is 0 Å². The SMILES string of the molecule is COc1cc(C2/C(=C(/O)c3ccc(C)cc3)C(=O)C(=O)N2c2nncs2)ccc1O. The molecule has 1 saturated heterocycles. The quantitative estimate of drug-likeness (QED) is 0.376. The first-order valence-electron chi connectivity index (χ1n) is 8.93. The number of aromatic hydroxyl groups is 1. The Labute approximate surface area is 175 Å². The number of aromatic nitrogens is 2. The summed E-state index contributed by atoms with van der Waals surface area (Å²) in [6.07, 6.45) is 0. The highest BCUT2D eigenvalue weighted by atomic mass is 32.1. The van der Waals surface area contributed by atoms with Crippen LogP contribution in [0.15, 0.2) is 53.5 Å². The first-order chi connectivity index (χ1) is 14.4. The Kier molecular flexibility index (Phi) is 4.96. The molecule has 1 fully saturated rings. The number of methoxy groups -OCH3 is 1. The molecule has 0 spiro atoms. The number of phenolic OH excluding ortho intramolecular Hbond substituents is 1. The Morgan fingerprint density at radius 1 is 1.17 bits per heavy atom. The topological polar surface area (TPSA) is 113 Å². The minimum Gasteiger partial charge on any atom is -0.507 e. The van der Waals surface area contributed by atoms with Crippen molar-refractivity contribution in [2.24, 2.45) is 0 Å². The van der Waals surface area contributed by atoms with Crippen LogP contribution in [0.1, 0.15) is 22.7 Å². The zero-order valence-corrected chi connectivity index (χ0v) is 16.9. The van der Waals surface area contributed by atoms with Crippen LogP contribution in [0, 0.1) is 6.92 Å². The summed E-state index contributed by atoms with van der Waals surface area (Å²) in [6, 6.07) is 10.5. The van der Waals surface area contributed by atoms with Gasteiger partial charge in [0.15, 0.2) is 11.5 Å². The van der Waals surface area contributed by atoms with Crippen molar-refractivity contribution in [3.05, 3.63) is 70.2 Å². The Balaban J connectivity index is 1.95. The molecule has 152 valence electrons. The van der Waals surface area contributed by atoms with Crippen LogP contribution in [0.2, 0.25) is 0 Å².